The van der Waals surface area contributed by atoms with Crippen LogP contribution in [-0.4, -0.2) is 74.9 Å². The van der Waals surface area contributed by atoms with E-state index in [1.807, 2.05) is 100 Å². The Morgan fingerprint density at radius 2 is 1.77 bits per heavy atom. The zero-order valence-electron chi connectivity index (χ0n) is 24.9. The number of furan rings is 1. The number of carbonyl (C=O) groups excluding carboxylic acids is 2. The van der Waals surface area contributed by atoms with Crippen molar-refractivity contribution in [2.24, 2.45) is 0 Å². The molecular weight excluding hydrogens is 574 g/mol. The van der Waals surface area contributed by atoms with E-state index in [0.717, 1.165) is 46.0 Å². The van der Waals surface area contributed by atoms with Crippen molar-refractivity contribution >= 4 is 34.3 Å². The zero-order chi connectivity index (χ0) is 30.5. The Bertz CT molecular complexity index is 1730. The van der Waals surface area contributed by atoms with Crippen LogP contribution in [0.25, 0.3) is 28.0 Å². The first-order chi connectivity index (χ1) is 21.5. The number of carbonyl (C=O) groups is 2. The lowest BCUT2D eigenvalue weighted by molar-refractivity contribution is -0.133. The van der Waals surface area contributed by atoms with Gasteiger partial charge in [-0.3, -0.25) is 14.2 Å². The van der Waals surface area contributed by atoms with E-state index < -0.39 is 0 Å². The molecule has 3 heterocycles. The lowest BCUT2D eigenvalue weighted by atomic mass is 10.0. The number of hydrogen-bond acceptors (Lipinski definition) is 7. The number of fused-ring (bicyclic) bond motifs is 1. The first-order valence-corrected chi connectivity index (χ1v) is 15.8. The van der Waals surface area contributed by atoms with Gasteiger partial charge in [0, 0.05) is 43.4 Å². The topological polar surface area (TPSA) is 93.7 Å². The summed E-state index contributed by atoms with van der Waals surface area (Å²) in [4.78, 5) is 30.2. The van der Waals surface area contributed by atoms with E-state index in [4.69, 9.17) is 9.15 Å². The number of hydrogen-bond donors (Lipinski definition) is 0. The van der Waals surface area contributed by atoms with Gasteiger partial charge < -0.3 is 19.0 Å². The molecule has 5 aromatic rings. The highest BCUT2D eigenvalue weighted by Crippen LogP contribution is 2.30. The Hall–Kier alpha value is -4.57. The van der Waals surface area contributed by atoms with Crippen molar-refractivity contribution in [2.45, 2.75) is 37.4 Å². The fraction of sp³-hybridized carbons (Fsp3) is 0.294. The average Bonchev–Trinajstić information content (AvgIpc) is 3.74. The van der Waals surface area contributed by atoms with E-state index in [9.17, 15) is 9.59 Å². The molecule has 10 heteroatoms. The third-order valence-electron chi connectivity index (χ3n) is 7.96. The van der Waals surface area contributed by atoms with Crippen molar-refractivity contribution < 1.29 is 18.7 Å². The fourth-order valence-corrected chi connectivity index (χ4v) is 6.52. The molecule has 1 saturated heterocycles. The van der Waals surface area contributed by atoms with E-state index in [0.29, 0.717) is 43.2 Å². The van der Waals surface area contributed by atoms with Gasteiger partial charge in [0.15, 0.2) is 10.9 Å². The van der Waals surface area contributed by atoms with Crippen LogP contribution in [0.5, 0.6) is 5.75 Å². The number of nitrogens with zero attached hydrogens (tertiary/aromatic N) is 5. The fourth-order valence-electron chi connectivity index (χ4n) is 5.57. The lowest BCUT2D eigenvalue weighted by Crippen LogP contribution is -2.55. The number of ether oxygens (including phenoxy) is 1. The molecule has 1 fully saturated rings. The largest absolute Gasteiger partial charge is 0.497 e. The number of aromatic nitrogens is 3. The molecule has 6 rings (SSSR count). The zero-order valence-corrected chi connectivity index (χ0v) is 25.7. The van der Waals surface area contributed by atoms with Gasteiger partial charge in [0.1, 0.15) is 5.75 Å². The van der Waals surface area contributed by atoms with Gasteiger partial charge >= 0.3 is 0 Å². The van der Waals surface area contributed by atoms with Crippen LogP contribution in [0.3, 0.4) is 0 Å². The van der Waals surface area contributed by atoms with E-state index in [1.54, 1.807) is 25.1 Å². The van der Waals surface area contributed by atoms with Gasteiger partial charge in [0.25, 0.3) is 5.91 Å². The number of benzene rings is 3. The molecule has 1 aliphatic rings. The Balaban J connectivity index is 1.00. The third kappa shape index (κ3) is 6.35. The van der Waals surface area contributed by atoms with Crippen molar-refractivity contribution in [3.63, 3.8) is 0 Å². The Morgan fingerprint density at radius 1 is 0.955 bits per heavy atom. The monoisotopic (exact) mass is 609 g/mol. The lowest BCUT2D eigenvalue weighted by Gasteiger charge is -2.40. The summed E-state index contributed by atoms with van der Waals surface area (Å²) in [5.74, 6) is 2.99. The first-order valence-electron chi connectivity index (χ1n) is 14.9. The molecule has 3 aromatic carbocycles. The van der Waals surface area contributed by atoms with Crippen molar-refractivity contribution in [2.75, 3.05) is 32.5 Å². The molecular formula is C34H35N5O4S. The highest BCUT2D eigenvalue weighted by molar-refractivity contribution is 7.99. The van der Waals surface area contributed by atoms with Gasteiger partial charge in [-0.2, -0.15) is 0 Å². The number of rotatable bonds is 10. The highest BCUT2D eigenvalue weighted by Gasteiger charge is 2.30. The quantitative estimate of drug-likeness (QED) is 0.135. The standard InChI is InChI=1S/C34H35N5O4S/c1-24-23-37(18-19-38(24)33(41)27-13-12-25-8-3-4-9-26(25)22-27)31(40)11-5-6-21-44-34-36-35-32(30-10-7-20-43-30)39(34)28-14-16-29(42-2)17-15-28/h3-4,7-10,12-17,20,22,24H,5-6,11,18-19,21,23H2,1-2H3. The summed E-state index contributed by atoms with van der Waals surface area (Å²) in [6.07, 6.45) is 3.74. The van der Waals surface area contributed by atoms with E-state index >= 15 is 0 Å². The number of piperazine rings is 1. The maximum Gasteiger partial charge on any atom is 0.254 e. The molecule has 226 valence electrons. The van der Waals surface area contributed by atoms with Gasteiger partial charge in [-0.05, 0) is 79.1 Å². The predicted octanol–water partition coefficient (Wildman–Crippen LogP) is 6.32. The molecule has 0 aliphatic carbocycles. The molecule has 0 spiro atoms. The van der Waals surface area contributed by atoms with E-state index in [1.165, 1.54) is 0 Å². The summed E-state index contributed by atoms with van der Waals surface area (Å²) < 4.78 is 12.9. The Labute approximate surface area is 260 Å². The van der Waals surface area contributed by atoms with Crippen LogP contribution in [0.4, 0.5) is 0 Å². The number of thioether (sulfide) groups is 1. The van der Waals surface area contributed by atoms with Crippen LogP contribution >= 0.6 is 11.8 Å². The van der Waals surface area contributed by atoms with Gasteiger partial charge in [-0.15, -0.1) is 10.2 Å². The van der Waals surface area contributed by atoms with Crippen molar-refractivity contribution in [1.82, 2.24) is 24.6 Å². The molecule has 0 N–H and O–H groups in total. The van der Waals surface area contributed by atoms with Crippen LogP contribution in [-0.2, 0) is 4.79 Å². The maximum absolute atomic E-state index is 13.3. The van der Waals surface area contributed by atoms with E-state index in [2.05, 4.69) is 10.2 Å². The maximum atomic E-state index is 13.3. The van der Waals surface area contributed by atoms with E-state index in [-0.39, 0.29) is 17.9 Å². The van der Waals surface area contributed by atoms with Gasteiger partial charge in [-0.1, -0.05) is 42.1 Å². The molecule has 9 nitrogen and oxygen atoms in total. The summed E-state index contributed by atoms with van der Waals surface area (Å²) in [7, 11) is 1.64. The second kappa shape index (κ2) is 13.4. The SMILES string of the molecule is COc1ccc(-n2c(SCCCCC(=O)N3CCN(C(=O)c4ccc5ccccc5c4)C(C)C3)nnc2-c2ccco2)cc1. The summed E-state index contributed by atoms with van der Waals surface area (Å²) in [6, 6.07) is 25.3. The molecule has 0 bridgehead atoms. The predicted molar refractivity (Wildman–Crippen MR) is 171 cm³/mol. The number of amides is 2. The second-order valence-electron chi connectivity index (χ2n) is 10.9. The van der Waals surface area contributed by atoms with Crippen LogP contribution in [0.15, 0.2) is 94.7 Å². The van der Waals surface area contributed by atoms with Gasteiger partial charge in [0.2, 0.25) is 11.7 Å². The van der Waals surface area contributed by atoms with Gasteiger partial charge in [-0.25, -0.2) is 0 Å². The average molecular weight is 610 g/mol. The molecule has 0 radical (unpaired) electrons. The Morgan fingerprint density at radius 3 is 2.52 bits per heavy atom. The molecule has 44 heavy (non-hydrogen) atoms. The minimum Gasteiger partial charge on any atom is -0.497 e. The Kier molecular flexibility index (Phi) is 8.97. The molecule has 2 aromatic heterocycles. The van der Waals surface area contributed by atoms with Crippen molar-refractivity contribution in [3.05, 3.63) is 90.7 Å². The summed E-state index contributed by atoms with van der Waals surface area (Å²) >= 11 is 1.61. The third-order valence-corrected chi connectivity index (χ3v) is 8.97. The minimum absolute atomic E-state index is 0.0186. The second-order valence-corrected chi connectivity index (χ2v) is 11.9. The molecule has 2 amide bonds. The molecule has 0 saturated carbocycles. The summed E-state index contributed by atoms with van der Waals surface area (Å²) in [5.41, 5.74) is 1.60. The number of methoxy groups -OCH3 is 1. The normalized spacial score (nSPS) is 15.1. The van der Waals surface area contributed by atoms with Gasteiger partial charge in [0.05, 0.1) is 19.1 Å². The molecule has 1 unspecified atom stereocenters. The van der Waals surface area contributed by atoms with Crippen molar-refractivity contribution in [3.8, 4) is 23.0 Å². The van der Waals surface area contributed by atoms with Crippen LogP contribution in [0.2, 0.25) is 0 Å². The summed E-state index contributed by atoms with van der Waals surface area (Å²) in [6.45, 7) is 3.66. The first kappa shape index (κ1) is 29.5. The number of unbranched alkanes of at least 4 members (excludes halogenated alkanes) is 1. The minimum atomic E-state index is -0.0464. The summed E-state index contributed by atoms with van der Waals surface area (Å²) in [5, 5.41) is 11.8. The molecule has 1 atom stereocenters. The van der Waals surface area contributed by atoms with Crippen molar-refractivity contribution in [1.29, 1.82) is 0 Å². The van der Waals surface area contributed by atoms with Crippen LogP contribution in [0, 0.1) is 0 Å². The van der Waals surface area contributed by atoms with Crippen LogP contribution < -0.4 is 4.74 Å². The molecule has 1 aliphatic heterocycles. The van der Waals surface area contributed by atoms with Crippen LogP contribution in [0.1, 0.15) is 36.5 Å². The highest BCUT2D eigenvalue weighted by atomic mass is 32.2. The smallest absolute Gasteiger partial charge is 0.254 e.